The first-order chi connectivity index (χ1) is 17.9. The van der Waals surface area contributed by atoms with Gasteiger partial charge in [-0.2, -0.15) is 0 Å². The summed E-state index contributed by atoms with van der Waals surface area (Å²) in [4.78, 5) is 30.4. The van der Waals surface area contributed by atoms with Crippen molar-refractivity contribution in [2.45, 2.75) is 6.92 Å². The Balaban J connectivity index is 1.29. The molecule has 37 heavy (non-hydrogen) atoms. The number of carbonyl (C=O) groups excluding carboxylic acids is 1. The SMILES string of the molecule is Cc1ccccc1-c1nc2cc(NC(=S)NC(=O)c3ccc(N4CCOCC4)c([N+](=O)[O-])c3)ccc2o1. The van der Waals surface area contributed by atoms with Crippen LogP contribution in [0.4, 0.5) is 17.1 Å². The van der Waals surface area contributed by atoms with Gasteiger partial charge in [-0.05, 0) is 61.1 Å². The Bertz CT molecular complexity index is 1510. The summed E-state index contributed by atoms with van der Waals surface area (Å²) in [6.45, 7) is 4.06. The number of thiocarbonyl (C=S) groups is 1. The molecule has 1 aliphatic heterocycles. The van der Waals surface area contributed by atoms with Crippen molar-refractivity contribution in [1.29, 1.82) is 0 Å². The molecule has 0 radical (unpaired) electrons. The van der Waals surface area contributed by atoms with Crippen molar-refractivity contribution in [2.24, 2.45) is 0 Å². The van der Waals surface area contributed by atoms with E-state index in [1.807, 2.05) is 36.1 Å². The number of rotatable bonds is 5. The van der Waals surface area contributed by atoms with Gasteiger partial charge in [0.25, 0.3) is 11.6 Å². The zero-order chi connectivity index (χ0) is 25.9. The van der Waals surface area contributed by atoms with E-state index in [1.54, 1.807) is 30.3 Å². The van der Waals surface area contributed by atoms with Gasteiger partial charge in [0, 0.05) is 36.0 Å². The topological polar surface area (TPSA) is 123 Å². The van der Waals surface area contributed by atoms with Gasteiger partial charge in [0.1, 0.15) is 11.2 Å². The highest BCUT2D eigenvalue weighted by Gasteiger charge is 2.23. The average molecular weight is 518 g/mol. The van der Waals surface area contributed by atoms with Crippen LogP contribution in [0.5, 0.6) is 0 Å². The standard InChI is InChI=1S/C26H23N5O5S/c1-16-4-2-3-5-19(16)25-28-20-15-18(7-9-23(20)36-25)27-26(37)29-24(32)17-6-8-21(22(14-17)31(33)34)30-10-12-35-13-11-30/h2-9,14-15H,10-13H2,1H3,(H2,27,29,32,37). The first-order valence-electron chi connectivity index (χ1n) is 11.6. The van der Waals surface area contributed by atoms with Crippen molar-refractivity contribution in [1.82, 2.24) is 10.3 Å². The number of anilines is 2. The molecule has 0 atom stereocenters. The number of hydrogen-bond acceptors (Lipinski definition) is 8. The molecule has 3 aromatic carbocycles. The lowest BCUT2D eigenvalue weighted by Gasteiger charge is -2.28. The maximum atomic E-state index is 12.8. The number of fused-ring (bicyclic) bond motifs is 1. The number of nitro benzene ring substituents is 1. The third-order valence-corrected chi connectivity index (χ3v) is 6.24. The first-order valence-corrected chi connectivity index (χ1v) is 12.0. The fourth-order valence-corrected chi connectivity index (χ4v) is 4.36. The summed E-state index contributed by atoms with van der Waals surface area (Å²) in [5.74, 6) is -0.0401. The smallest absolute Gasteiger partial charge is 0.293 e. The van der Waals surface area contributed by atoms with Gasteiger partial charge in [-0.1, -0.05) is 18.2 Å². The largest absolute Gasteiger partial charge is 0.436 e. The van der Waals surface area contributed by atoms with Gasteiger partial charge in [-0.25, -0.2) is 4.98 Å². The van der Waals surface area contributed by atoms with E-state index in [-0.39, 0.29) is 16.4 Å². The third-order valence-electron chi connectivity index (χ3n) is 6.03. The lowest BCUT2D eigenvalue weighted by molar-refractivity contribution is -0.384. The number of oxazole rings is 1. The molecule has 0 bridgehead atoms. The lowest BCUT2D eigenvalue weighted by Crippen LogP contribution is -2.37. The summed E-state index contributed by atoms with van der Waals surface area (Å²) >= 11 is 5.30. The van der Waals surface area contributed by atoms with Crippen LogP contribution in [-0.2, 0) is 4.74 Å². The monoisotopic (exact) mass is 517 g/mol. The summed E-state index contributed by atoms with van der Waals surface area (Å²) in [7, 11) is 0. The van der Waals surface area contributed by atoms with Crippen LogP contribution in [0.3, 0.4) is 0 Å². The summed E-state index contributed by atoms with van der Waals surface area (Å²) in [5, 5.41) is 17.3. The molecule has 2 heterocycles. The minimum atomic E-state index is -0.557. The Kier molecular flexibility index (Phi) is 6.80. The number of nitrogens with zero attached hydrogens (tertiary/aromatic N) is 3. The predicted molar refractivity (Wildman–Crippen MR) is 144 cm³/mol. The Labute approximate surface area is 217 Å². The molecule has 0 aliphatic carbocycles. The highest BCUT2D eigenvalue weighted by Crippen LogP contribution is 2.30. The predicted octanol–water partition coefficient (Wildman–Crippen LogP) is 4.67. The van der Waals surface area contributed by atoms with Gasteiger partial charge < -0.3 is 19.4 Å². The summed E-state index contributed by atoms with van der Waals surface area (Å²) in [6, 6.07) is 17.5. The number of morpholine rings is 1. The molecular weight excluding hydrogens is 494 g/mol. The van der Waals surface area contributed by atoms with E-state index in [9.17, 15) is 14.9 Å². The fraction of sp³-hybridized carbons (Fsp3) is 0.192. The lowest BCUT2D eigenvalue weighted by atomic mass is 10.1. The van der Waals surface area contributed by atoms with E-state index in [0.29, 0.717) is 54.7 Å². The number of nitro groups is 1. The number of benzene rings is 3. The van der Waals surface area contributed by atoms with Gasteiger partial charge in [0.2, 0.25) is 5.89 Å². The number of aromatic nitrogens is 1. The Morgan fingerprint density at radius 2 is 1.89 bits per heavy atom. The van der Waals surface area contributed by atoms with Crippen molar-refractivity contribution in [3.63, 3.8) is 0 Å². The minimum absolute atomic E-state index is 0.0480. The van der Waals surface area contributed by atoms with Crippen molar-refractivity contribution < 1.29 is 18.9 Å². The van der Waals surface area contributed by atoms with Crippen LogP contribution in [0.1, 0.15) is 15.9 Å². The molecule has 1 aromatic heterocycles. The van der Waals surface area contributed by atoms with Crippen LogP contribution in [0, 0.1) is 17.0 Å². The highest BCUT2D eigenvalue weighted by molar-refractivity contribution is 7.80. The van der Waals surface area contributed by atoms with Crippen LogP contribution in [0.2, 0.25) is 0 Å². The Morgan fingerprint density at radius 3 is 2.65 bits per heavy atom. The van der Waals surface area contributed by atoms with E-state index in [2.05, 4.69) is 15.6 Å². The normalized spacial score (nSPS) is 13.4. The Hall–Kier alpha value is -4.35. The summed E-state index contributed by atoms with van der Waals surface area (Å²) in [5.41, 5.74) is 4.25. The molecule has 0 saturated carbocycles. The second kappa shape index (κ2) is 10.3. The number of amides is 1. The number of carbonyl (C=O) groups is 1. The molecule has 2 N–H and O–H groups in total. The molecule has 10 nitrogen and oxygen atoms in total. The molecule has 1 saturated heterocycles. The zero-order valence-corrected chi connectivity index (χ0v) is 20.7. The quantitative estimate of drug-likeness (QED) is 0.221. The van der Waals surface area contributed by atoms with E-state index in [1.165, 1.54) is 6.07 Å². The molecule has 0 spiro atoms. The number of aryl methyl sites for hydroxylation is 1. The molecule has 188 valence electrons. The van der Waals surface area contributed by atoms with E-state index >= 15 is 0 Å². The second-order valence-corrected chi connectivity index (χ2v) is 8.89. The van der Waals surface area contributed by atoms with E-state index < -0.39 is 10.8 Å². The van der Waals surface area contributed by atoms with Crippen LogP contribution < -0.4 is 15.5 Å². The number of hydrogen-bond donors (Lipinski definition) is 2. The van der Waals surface area contributed by atoms with Gasteiger partial charge >= 0.3 is 0 Å². The molecule has 4 aromatic rings. The van der Waals surface area contributed by atoms with Crippen LogP contribution in [0.25, 0.3) is 22.6 Å². The number of ether oxygens (including phenoxy) is 1. The highest BCUT2D eigenvalue weighted by atomic mass is 32.1. The average Bonchev–Trinajstić information content (AvgIpc) is 3.32. The summed E-state index contributed by atoms with van der Waals surface area (Å²) in [6.07, 6.45) is 0. The molecule has 11 heteroatoms. The zero-order valence-electron chi connectivity index (χ0n) is 19.9. The second-order valence-electron chi connectivity index (χ2n) is 8.48. The maximum absolute atomic E-state index is 12.8. The first kappa shape index (κ1) is 24.3. The Morgan fingerprint density at radius 1 is 1.11 bits per heavy atom. The fourth-order valence-electron chi connectivity index (χ4n) is 4.15. The van der Waals surface area contributed by atoms with Crippen molar-refractivity contribution in [3.8, 4) is 11.5 Å². The maximum Gasteiger partial charge on any atom is 0.293 e. The number of nitrogens with one attached hydrogen (secondary N) is 2. The molecule has 0 unspecified atom stereocenters. The van der Waals surface area contributed by atoms with Crippen LogP contribution in [0.15, 0.2) is 65.1 Å². The van der Waals surface area contributed by atoms with Gasteiger partial charge in [0.15, 0.2) is 10.7 Å². The van der Waals surface area contributed by atoms with E-state index in [0.717, 1.165) is 11.1 Å². The van der Waals surface area contributed by atoms with Crippen LogP contribution >= 0.6 is 12.2 Å². The van der Waals surface area contributed by atoms with Crippen LogP contribution in [-0.4, -0.2) is 47.2 Å². The third kappa shape index (κ3) is 5.27. The summed E-state index contributed by atoms with van der Waals surface area (Å²) < 4.78 is 11.2. The molecule has 5 rings (SSSR count). The molecule has 1 amide bonds. The van der Waals surface area contributed by atoms with E-state index in [4.69, 9.17) is 21.4 Å². The van der Waals surface area contributed by atoms with Gasteiger partial charge in [0.05, 0.1) is 18.1 Å². The minimum Gasteiger partial charge on any atom is -0.436 e. The van der Waals surface area contributed by atoms with Gasteiger partial charge in [-0.3, -0.25) is 20.2 Å². The van der Waals surface area contributed by atoms with Crippen molar-refractivity contribution >= 4 is 51.4 Å². The van der Waals surface area contributed by atoms with Gasteiger partial charge in [-0.15, -0.1) is 0 Å². The van der Waals surface area contributed by atoms with Crippen molar-refractivity contribution in [2.75, 3.05) is 36.5 Å². The van der Waals surface area contributed by atoms with Crippen molar-refractivity contribution in [3.05, 3.63) is 81.9 Å². The molecular formula is C26H23N5O5S. The molecule has 1 fully saturated rings. The molecule has 1 aliphatic rings.